The molecule has 0 amide bonds. The van der Waals surface area contributed by atoms with Crippen LogP contribution in [0.4, 0.5) is 0 Å². The molecule has 8 unspecified atom stereocenters. The zero-order valence-corrected chi connectivity index (χ0v) is 14.2. The van der Waals surface area contributed by atoms with Crippen molar-refractivity contribution in [3.63, 3.8) is 0 Å². The Hall–Kier alpha value is -1.58. The lowest BCUT2D eigenvalue weighted by molar-refractivity contribution is -0.247. The molecule has 5 rings (SSSR count). The van der Waals surface area contributed by atoms with E-state index >= 15 is 0 Å². The number of ether oxygens (including phenoxy) is 2. The molecule has 3 saturated carbocycles. The van der Waals surface area contributed by atoms with Crippen molar-refractivity contribution in [1.82, 2.24) is 0 Å². The highest BCUT2D eigenvalue weighted by Gasteiger charge is 2.90. The molecule has 4 nitrogen and oxygen atoms in total. The summed E-state index contributed by atoms with van der Waals surface area (Å²) in [7, 11) is 0. The lowest BCUT2D eigenvalue weighted by atomic mass is 9.33. The van der Waals surface area contributed by atoms with Gasteiger partial charge in [0, 0.05) is 0 Å². The van der Waals surface area contributed by atoms with E-state index < -0.39 is 10.8 Å². The molecule has 5 aliphatic rings. The number of carbonyl (C=O) groups is 2. The molecule has 0 spiro atoms. The highest BCUT2D eigenvalue weighted by Crippen LogP contribution is 2.85. The van der Waals surface area contributed by atoms with Crippen LogP contribution in [-0.2, 0) is 19.1 Å². The van der Waals surface area contributed by atoms with Gasteiger partial charge < -0.3 is 9.47 Å². The van der Waals surface area contributed by atoms with E-state index in [1.165, 1.54) is 0 Å². The summed E-state index contributed by atoms with van der Waals surface area (Å²) in [6, 6.07) is 0. The molecule has 0 aromatic heterocycles. The number of allylic oxidation sites excluding steroid dienone is 4. The fraction of sp³-hybridized carbons (Fsp3) is 0.700. The minimum absolute atomic E-state index is 0.125. The third-order valence-electron chi connectivity index (χ3n) is 7.68. The highest BCUT2D eigenvalue weighted by molar-refractivity contribution is 5.94. The quantitative estimate of drug-likeness (QED) is 0.588. The van der Waals surface area contributed by atoms with Crippen LogP contribution in [0.3, 0.4) is 0 Å². The van der Waals surface area contributed by atoms with E-state index in [0.717, 1.165) is 12.8 Å². The van der Waals surface area contributed by atoms with Gasteiger partial charge in [-0.25, -0.2) is 0 Å². The van der Waals surface area contributed by atoms with Gasteiger partial charge in [0.1, 0.15) is 0 Å². The maximum absolute atomic E-state index is 13.3. The van der Waals surface area contributed by atoms with Crippen LogP contribution in [-0.4, -0.2) is 25.2 Å². The second-order valence-corrected chi connectivity index (χ2v) is 8.01. The molecule has 0 aromatic carbocycles. The van der Waals surface area contributed by atoms with Gasteiger partial charge in [-0.1, -0.05) is 24.3 Å². The first-order chi connectivity index (χ1) is 11.6. The number of esters is 2. The van der Waals surface area contributed by atoms with Crippen molar-refractivity contribution in [2.45, 2.75) is 26.7 Å². The van der Waals surface area contributed by atoms with E-state index in [0.29, 0.717) is 25.0 Å². The molecule has 5 aliphatic carbocycles. The normalized spacial score (nSPS) is 51.2. The van der Waals surface area contributed by atoms with E-state index in [2.05, 4.69) is 24.3 Å². The summed E-state index contributed by atoms with van der Waals surface area (Å²) in [5.41, 5.74) is -1.38. The van der Waals surface area contributed by atoms with Crippen molar-refractivity contribution in [1.29, 1.82) is 0 Å². The minimum Gasteiger partial charge on any atom is -0.466 e. The molecule has 0 heterocycles. The zero-order chi connectivity index (χ0) is 16.7. The summed E-state index contributed by atoms with van der Waals surface area (Å²) in [6.07, 6.45) is 10.9. The molecule has 0 aliphatic heterocycles. The van der Waals surface area contributed by atoms with Gasteiger partial charge >= 0.3 is 11.9 Å². The Labute approximate surface area is 142 Å². The Bertz CT molecular complexity index is 621. The SMILES string of the molecule is CCOC(=O)C12C3C=CC(C3)C1C1C3C=CC(C3)C12C(=O)OCC. The van der Waals surface area contributed by atoms with Gasteiger partial charge in [0.2, 0.25) is 0 Å². The summed E-state index contributed by atoms with van der Waals surface area (Å²) >= 11 is 0. The third kappa shape index (κ3) is 1.22. The topological polar surface area (TPSA) is 52.6 Å². The fourth-order valence-electron chi connectivity index (χ4n) is 7.41. The monoisotopic (exact) mass is 328 g/mol. The van der Waals surface area contributed by atoms with Gasteiger partial charge in [0.25, 0.3) is 0 Å². The maximum Gasteiger partial charge on any atom is 0.314 e. The first-order valence-electron chi connectivity index (χ1n) is 9.35. The highest BCUT2D eigenvalue weighted by atomic mass is 16.5. The number of hydrogen-bond donors (Lipinski definition) is 0. The lowest BCUT2D eigenvalue weighted by Gasteiger charge is -2.67. The molecule has 24 heavy (non-hydrogen) atoms. The average Bonchev–Trinajstić information content (AvgIpc) is 3.27. The lowest BCUT2D eigenvalue weighted by Crippen LogP contribution is -2.75. The Kier molecular flexibility index (Phi) is 2.78. The van der Waals surface area contributed by atoms with Crippen molar-refractivity contribution in [3.05, 3.63) is 24.3 Å². The van der Waals surface area contributed by atoms with Crippen molar-refractivity contribution < 1.29 is 19.1 Å². The molecule has 8 atom stereocenters. The van der Waals surface area contributed by atoms with E-state index in [9.17, 15) is 9.59 Å². The van der Waals surface area contributed by atoms with Gasteiger partial charge in [-0.15, -0.1) is 0 Å². The van der Waals surface area contributed by atoms with E-state index in [4.69, 9.17) is 9.47 Å². The molecule has 0 radical (unpaired) electrons. The number of fused-ring (bicyclic) bond motifs is 12. The molecule has 128 valence electrons. The first kappa shape index (κ1) is 14.7. The molecule has 4 bridgehead atoms. The van der Waals surface area contributed by atoms with Gasteiger partial charge in [0.05, 0.1) is 24.0 Å². The van der Waals surface area contributed by atoms with Crippen LogP contribution in [0.2, 0.25) is 0 Å². The average molecular weight is 328 g/mol. The molecular weight excluding hydrogens is 304 g/mol. The Morgan fingerprint density at radius 2 is 1.25 bits per heavy atom. The zero-order valence-electron chi connectivity index (χ0n) is 14.2. The molecule has 0 N–H and O–H groups in total. The number of rotatable bonds is 4. The van der Waals surface area contributed by atoms with Gasteiger partial charge in [0.15, 0.2) is 0 Å². The smallest absolute Gasteiger partial charge is 0.314 e. The standard InChI is InChI=1S/C20H24O4/c1-3-23-17(21)19-13-7-5-11(9-13)15(19)16-12-6-8-14(10-12)20(16,19)18(22)24-4-2/h5-8,11-16H,3-4,9-10H2,1-2H3. The summed E-state index contributed by atoms with van der Waals surface area (Å²) in [6.45, 7) is 4.42. The fourth-order valence-corrected chi connectivity index (χ4v) is 7.41. The van der Waals surface area contributed by atoms with Crippen molar-refractivity contribution in [3.8, 4) is 0 Å². The third-order valence-corrected chi connectivity index (χ3v) is 7.68. The Balaban J connectivity index is 1.71. The largest absolute Gasteiger partial charge is 0.466 e. The molecule has 0 saturated heterocycles. The van der Waals surface area contributed by atoms with Gasteiger partial charge in [-0.05, 0) is 62.2 Å². The van der Waals surface area contributed by atoms with Crippen LogP contribution >= 0.6 is 0 Å². The van der Waals surface area contributed by atoms with Gasteiger partial charge in [-0.3, -0.25) is 9.59 Å². The molecule has 3 fully saturated rings. The predicted octanol–water partition coefficient (Wildman–Crippen LogP) is 2.74. The second-order valence-electron chi connectivity index (χ2n) is 8.01. The summed E-state index contributed by atoms with van der Waals surface area (Å²) in [4.78, 5) is 26.5. The Morgan fingerprint density at radius 1 is 0.833 bits per heavy atom. The van der Waals surface area contributed by atoms with Crippen LogP contribution in [0.25, 0.3) is 0 Å². The van der Waals surface area contributed by atoms with Crippen molar-refractivity contribution >= 4 is 11.9 Å². The maximum atomic E-state index is 13.3. The van der Waals surface area contributed by atoms with Crippen LogP contribution in [0.15, 0.2) is 24.3 Å². The number of carbonyl (C=O) groups excluding carboxylic acids is 2. The minimum atomic E-state index is -0.691. The molecular formula is C20H24O4. The summed E-state index contributed by atoms with van der Waals surface area (Å²) in [5.74, 6) is 1.26. The van der Waals surface area contributed by atoms with E-state index in [-0.39, 0.29) is 35.6 Å². The van der Waals surface area contributed by atoms with Crippen molar-refractivity contribution in [2.75, 3.05) is 13.2 Å². The molecule has 4 heteroatoms. The van der Waals surface area contributed by atoms with E-state index in [1.54, 1.807) is 0 Å². The predicted molar refractivity (Wildman–Crippen MR) is 86.6 cm³/mol. The van der Waals surface area contributed by atoms with Gasteiger partial charge in [-0.2, -0.15) is 0 Å². The number of hydrogen-bond acceptors (Lipinski definition) is 4. The van der Waals surface area contributed by atoms with Crippen molar-refractivity contribution in [2.24, 2.45) is 46.3 Å². The summed E-state index contributed by atoms with van der Waals surface area (Å²) in [5, 5.41) is 0. The van der Waals surface area contributed by atoms with Crippen LogP contribution in [0, 0.1) is 46.3 Å². The molecule has 0 aromatic rings. The first-order valence-corrected chi connectivity index (χ1v) is 9.35. The van der Waals surface area contributed by atoms with Crippen LogP contribution in [0.5, 0.6) is 0 Å². The van der Waals surface area contributed by atoms with Crippen LogP contribution in [0.1, 0.15) is 26.7 Å². The summed E-state index contributed by atoms with van der Waals surface area (Å²) < 4.78 is 11.1. The second kappa shape index (κ2) is 4.53. The van der Waals surface area contributed by atoms with E-state index in [1.807, 2.05) is 13.8 Å². The Morgan fingerprint density at radius 3 is 1.62 bits per heavy atom. The van der Waals surface area contributed by atoms with Crippen LogP contribution < -0.4 is 0 Å².